The molecule has 0 saturated carbocycles. The van der Waals surface area contributed by atoms with E-state index < -0.39 is 41.4 Å². The van der Waals surface area contributed by atoms with Crippen LogP contribution in [-0.2, 0) is 9.59 Å². The number of para-hydroxylation sites is 2. The molecule has 3 heterocycles. The van der Waals surface area contributed by atoms with Gasteiger partial charge in [-0.15, -0.1) is 0 Å². The van der Waals surface area contributed by atoms with Gasteiger partial charge in [0, 0.05) is 0 Å². The molecule has 0 N–H and O–H groups in total. The number of rotatable bonds is 2. The van der Waals surface area contributed by atoms with E-state index >= 15 is 0 Å². The molecule has 31 heavy (non-hydrogen) atoms. The van der Waals surface area contributed by atoms with E-state index in [0.717, 1.165) is 3.58 Å². The van der Waals surface area contributed by atoms with E-state index in [9.17, 15) is 9.59 Å². The number of nitrogens with zero attached hydrogens (tertiary/aromatic N) is 3. The molecule has 2 amide bonds. The van der Waals surface area contributed by atoms with E-state index in [0.29, 0.717) is 0 Å². The van der Waals surface area contributed by atoms with Gasteiger partial charge in [0.25, 0.3) is 0 Å². The van der Waals surface area contributed by atoms with Crippen LogP contribution in [0.15, 0.2) is 66.2 Å². The molecule has 3 aromatic rings. The normalized spacial score (nSPS) is 15.9. The zero-order chi connectivity index (χ0) is 21.7. The van der Waals surface area contributed by atoms with Crippen LogP contribution in [0.2, 0.25) is 0 Å². The third kappa shape index (κ3) is 3.57. The zero-order valence-electron chi connectivity index (χ0n) is 16.7. The molecule has 2 aromatic carbocycles. The quantitative estimate of drug-likeness (QED) is 0.143. The summed E-state index contributed by atoms with van der Waals surface area (Å²) in [6.45, 7) is 0. The summed E-state index contributed by atoms with van der Waals surface area (Å²) < 4.78 is 5.18. The van der Waals surface area contributed by atoms with E-state index in [-0.39, 0.29) is 22.5 Å². The average Bonchev–Trinajstić information content (AvgIpc) is 3.25. The molecule has 5 nitrogen and oxygen atoms in total. The van der Waals surface area contributed by atoms with Crippen molar-refractivity contribution in [1.29, 1.82) is 0 Å². The molecule has 8 heteroatoms. The van der Waals surface area contributed by atoms with Gasteiger partial charge in [-0.3, -0.25) is 0 Å². The second kappa shape index (κ2) is 8.20. The van der Waals surface area contributed by atoms with Crippen molar-refractivity contribution in [3.05, 3.63) is 69.8 Å². The summed E-state index contributed by atoms with van der Waals surface area (Å²) in [5, 5.41) is 0.230. The van der Waals surface area contributed by atoms with Crippen LogP contribution in [0, 0.1) is 0 Å². The van der Waals surface area contributed by atoms with Gasteiger partial charge in [0.1, 0.15) is 0 Å². The van der Waals surface area contributed by atoms with E-state index in [1.165, 1.54) is 32.1 Å². The minimum absolute atomic E-state index is 0.177. The molecule has 2 aliphatic rings. The zero-order valence-corrected chi connectivity index (χ0v) is 22.2. The first-order valence-corrected chi connectivity index (χ1v) is 14.6. The van der Waals surface area contributed by atoms with Crippen LogP contribution in [-0.4, -0.2) is 82.2 Å². The number of thiocarbonyl (C=S) groups is 1. The predicted octanol–water partition coefficient (Wildman–Crippen LogP) is 1.78. The molecule has 1 aromatic heterocycles. The average molecular weight is 655 g/mol. The first-order valence-electron chi connectivity index (χ1n) is 9.53. The van der Waals surface area contributed by atoms with Gasteiger partial charge in [-0.25, -0.2) is 0 Å². The molecule has 0 spiro atoms. The van der Waals surface area contributed by atoms with E-state index in [4.69, 9.17) is 12.2 Å². The number of carbonyl (C=O) groups is 2. The molecule has 0 aliphatic carbocycles. The Morgan fingerprint density at radius 2 is 1.35 bits per heavy atom. The fraction of sp³-hybridized carbons (Fsp3) is 0.0870. The van der Waals surface area contributed by atoms with Crippen LogP contribution in [0.4, 0.5) is 15.1 Å². The molecular formula is C23H17N3O2STe2. The number of fused-ring (bicyclic) bond motifs is 2. The third-order valence-electron chi connectivity index (χ3n) is 5.20. The van der Waals surface area contributed by atoms with Gasteiger partial charge >= 0.3 is 207 Å². The molecule has 0 radical (unpaired) electrons. The Balaban J connectivity index is 1.57. The van der Waals surface area contributed by atoms with Crippen LogP contribution in [0.5, 0.6) is 0 Å². The summed E-state index contributed by atoms with van der Waals surface area (Å²) in [5.74, 6) is -0.677. The van der Waals surface area contributed by atoms with Crippen molar-refractivity contribution in [2.75, 3.05) is 19.0 Å². The molecular weight excluding hydrogens is 638 g/mol. The number of hydrogen-bond donors (Lipinski definition) is 0. The maximum atomic E-state index is 12.7. The summed E-state index contributed by atoms with van der Waals surface area (Å²) in [6, 6.07) is 21.5. The van der Waals surface area contributed by atoms with Gasteiger partial charge in [0.15, 0.2) is 0 Å². The molecule has 1 saturated heterocycles. The van der Waals surface area contributed by atoms with E-state index in [1.54, 1.807) is 20.2 Å². The molecule has 0 atom stereocenters. The fourth-order valence-corrected chi connectivity index (χ4v) is 9.58. The van der Waals surface area contributed by atoms with Crippen molar-refractivity contribution in [2.24, 2.45) is 0 Å². The standard InChI is InChI=1S/C23H17N3O2STe2/c1-24-21(27)15(22(28)25(2)23(24)29)13-14-11-12-20(30-14)26-16-7-3-5-9-18(16)31-19-10-6-4-8-17(19)26/h3-13H,1-2H3. The van der Waals surface area contributed by atoms with Crippen LogP contribution in [0.25, 0.3) is 6.08 Å². The predicted molar refractivity (Wildman–Crippen MR) is 129 cm³/mol. The molecule has 1 fully saturated rings. The Morgan fingerprint density at radius 3 is 1.94 bits per heavy atom. The Labute approximate surface area is 205 Å². The molecule has 2 aliphatic heterocycles. The van der Waals surface area contributed by atoms with Crippen molar-refractivity contribution in [2.45, 2.75) is 0 Å². The molecule has 0 bridgehead atoms. The van der Waals surface area contributed by atoms with Gasteiger partial charge in [-0.2, -0.15) is 0 Å². The van der Waals surface area contributed by atoms with Crippen molar-refractivity contribution in [3.63, 3.8) is 0 Å². The number of amides is 2. The monoisotopic (exact) mass is 659 g/mol. The number of anilines is 3. The Bertz CT molecular complexity index is 1210. The van der Waals surface area contributed by atoms with Gasteiger partial charge in [-0.1, -0.05) is 0 Å². The topological polar surface area (TPSA) is 43.9 Å². The van der Waals surface area contributed by atoms with Crippen molar-refractivity contribution in [3.8, 4) is 0 Å². The SMILES string of the molecule is CN1C(=O)C(=Cc2ccc(N3c4ccccc4[Te]c4ccccc43)[te]2)C(=O)N(C)C1=S. The molecule has 5 rings (SSSR count). The van der Waals surface area contributed by atoms with Crippen LogP contribution in [0.1, 0.15) is 3.58 Å². The fourth-order valence-electron chi connectivity index (χ4n) is 3.60. The second-order valence-electron chi connectivity index (χ2n) is 7.12. The molecule has 0 unspecified atom stereocenters. The van der Waals surface area contributed by atoms with Crippen molar-refractivity contribution >= 4 is 98.9 Å². The molecule has 154 valence electrons. The van der Waals surface area contributed by atoms with Crippen LogP contribution < -0.4 is 12.1 Å². The first-order chi connectivity index (χ1) is 15.0. The van der Waals surface area contributed by atoms with Crippen LogP contribution >= 0.6 is 12.2 Å². The van der Waals surface area contributed by atoms with Crippen molar-refractivity contribution < 1.29 is 9.59 Å². The number of benzene rings is 2. The van der Waals surface area contributed by atoms with Gasteiger partial charge in [0.05, 0.1) is 0 Å². The maximum absolute atomic E-state index is 12.7. The summed E-state index contributed by atoms with van der Waals surface area (Å²) in [6.07, 6.45) is 1.77. The Hall–Kier alpha value is -1.93. The Morgan fingerprint density at radius 1 is 0.806 bits per heavy atom. The minimum atomic E-state index is -0.781. The number of hydrogen-bond acceptors (Lipinski definition) is 4. The third-order valence-corrected chi connectivity index (χ3v) is 11.9. The summed E-state index contributed by atoms with van der Waals surface area (Å²) >= 11 is 3.98. The van der Waals surface area contributed by atoms with Gasteiger partial charge in [-0.05, 0) is 0 Å². The van der Waals surface area contributed by atoms with E-state index in [2.05, 4.69) is 65.6 Å². The second-order valence-corrected chi connectivity index (χ2v) is 13.7. The Kier molecular flexibility index (Phi) is 5.54. The number of carbonyl (C=O) groups excluding carboxylic acids is 2. The van der Waals surface area contributed by atoms with Gasteiger partial charge in [0.2, 0.25) is 0 Å². The summed E-state index contributed by atoms with van der Waals surface area (Å²) in [5.41, 5.74) is 2.70. The van der Waals surface area contributed by atoms with E-state index in [1.807, 2.05) is 0 Å². The number of likely N-dealkylation sites (N-methyl/N-ethyl adjacent to an activating group) is 2. The first kappa shape index (κ1) is 20.9. The van der Waals surface area contributed by atoms with Gasteiger partial charge < -0.3 is 0 Å². The van der Waals surface area contributed by atoms with Crippen molar-refractivity contribution in [1.82, 2.24) is 9.80 Å². The summed E-state index contributed by atoms with van der Waals surface area (Å²) in [7, 11) is 3.21. The summed E-state index contributed by atoms with van der Waals surface area (Å²) in [4.78, 5) is 30.4. The van der Waals surface area contributed by atoms with Crippen LogP contribution in [0.3, 0.4) is 0 Å².